The summed E-state index contributed by atoms with van der Waals surface area (Å²) in [4.78, 5) is 16.0. The Labute approximate surface area is 140 Å². The van der Waals surface area contributed by atoms with Gasteiger partial charge in [0.05, 0.1) is 11.6 Å². The van der Waals surface area contributed by atoms with Gasteiger partial charge in [-0.05, 0) is 19.1 Å². The average Bonchev–Trinajstić information content (AvgIpc) is 3.01. The normalized spacial score (nSPS) is 12.7. The Bertz CT molecular complexity index is 703. The molecule has 0 aliphatic carbocycles. The number of nitrogens with zero attached hydrogens (tertiary/aromatic N) is 1. The lowest BCUT2D eigenvalue weighted by atomic mass is 10.2. The van der Waals surface area contributed by atoms with Crippen LogP contribution < -0.4 is 15.8 Å². The molecule has 1 aromatic carbocycles. The van der Waals surface area contributed by atoms with Crippen LogP contribution >= 0.6 is 11.3 Å². The number of carbonyl (C=O) groups excluding carboxylic acids is 1. The van der Waals surface area contributed by atoms with E-state index in [1.165, 1.54) is 29.5 Å². The second-order valence-corrected chi connectivity index (χ2v) is 5.95. The van der Waals surface area contributed by atoms with Crippen molar-refractivity contribution in [3.05, 3.63) is 45.9 Å². The summed E-state index contributed by atoms with van der Waals surface area (Å²) < 4.78 is 43.8. The predicted molar refractivity (Wildman–Crippen MR) is 83.9 cm³/mol. The van der Waals surface area contributed by atoms with Crippen LogP contribution in [0.3, 0.4) is 0 Å². The van der Waals surface area contributed by atoms with Gasteiger partial charge in [-0.25, -0.2) is 4.98 Å². The van der Waals surface area contributed by atoms with Gasteiger partial charge < -0.3 is 15.8 Å². The number of rotatable bonds is 6. The van der Waals surface area contributed by atoms with Gasteiger partial charge in [-0.2, -0.15) is 13.2 Å². The molecule has 1 atom stereocenters. The number of hydrogen-bond acceptors (Lipinski definition) is 5. The highest BCUT2D eigenvalue weighted by Crippen LogP contribution is 2.35. The minimum absolute atomic E-state index is 0.104. The minimum atomic E-state index is -4.50. The first kappa shape index (κ1) is 18.2. The van der Waals surface area contributed by atoms with E-state index in [0.29, 0.717) is 5.01 Å². The van der Waals surface area contributed by atoms with Crippen molar-refractivity contribution < 1.29 is 22.7 Å². The van der Waals surface area contributed by atoms with E-state index in [1.807, 2.05) is 0 Å². The van der Waals surface area contributed by atoms with Gasteiger partial charge in [0, 0.05) is 11.9 Å². The number of nitrogens with two attached hydrogens (primary N) is 1. The number of para-hydroxylation sites is 1. The van der Waals surface area contributed by atoms with Crippen molar-refractivity contribution in [2.75, 3.05) is 6.61 Å². The first-order chi connectivity index (χ1) is 11.3. The van der Waals surface area contributed by atoms with Crippen LogP contribution in [-0.2, 0) is 12.7 Å². The number of ether oxygens (including phenoxy) is 1. The zero-order valence-electron chi connectivity index (χ0n) is 12.8. The molecule has 3 N–H and O–H groups in total. The van der Waals surface area contributed by atoms with Crippen LogP contribution in [0.25, 0.3) is 0 Å². The molecule has 1 aromatic heterocycles. The number of halogens is 3. The quantitative estimate of drug-likeness (QED) is 0.831. The maximum atomic E-state index is 12.9. The molecule has 0 radical (unpaired) electrons. The molecule has 5 nitrogen and oxygen atoms in total. The molecule has 24 heavy (non-hydrogen) atoms. The molecule has 0 aliphatic heterocycles. The zero-order chi connectivity index (χ0) is 17.7. The molecule has 130 valence electrons. The molecule has 0 saturated heterocycles. The van der Waals surface area contributed by atoms with Gasteiger partial charge in [0.1, 0.15) is 23.1 Å². The predicted octanol–water partition coefficient (Wildman–Crippen LogP) is 2.82. The molecule has 1 unspecified atom stereocenters. The molecular weight excluding hydrogens is 343 g/mol. The largest absolute Gasteiger partial charge is 0.491 e. The summed E-state index contributed by atoms with van der Waals surface area (Å²) in [5.41, 5.74) is 4.80. The molecule has 9 heteroatoms. The number of alkyl halides is 3. The first-order valence-electron chi connectivity index (χ1n) is 7.05. The van der Waals surface area contributed by atoms with E-state index in [4.69, 9.17) is 10.5 Å². The summed E-state index contributed by atoms with van der Waals surface area (Å²) in [5.74, 6) is -0.698. The second-order valence-electron chi connectivity index (χ2n) is 5.01. The van der Waals surface area contributed by atoms with Crippen LogP contribution in [0, 0.1) is 0 Å². The third-order valence-corrected chi connectivity index (χ3v) is 3.89. The molecule has 0 saturated carbocycles. The summed E-state index contributed by atoms with van der Waals surface area (Å²) in [7, 11) is 0. The number of hydrogen-bond donors (Lipinski definition) is 2. The van der Waals surface area contributed by atoms with Crippen LogP contribution in [0.4, 0.5) is 13.2 Å². The van der Waals surface area contributed by atoms with E-state index in [9.17, 15) is 18.0 Å². The fraction of sp³-hybridized carbons (Fsp3) is 0.333. The lowest BCUT2D eigenvalue weighted by Crippen LogP contribution is -2.37. The van der Waals surface area contributed by atoms with Gasteiger partial charge >= 0.3 is 6.18 Å². The Morgan fingerprint density at radius 2 is 2.12 bits per heavy atom. The van der Waals surface area contributed by atoms with Gasteiger partial charge in [0.2, 0.25) is 0 Å². The molecule has 0 bridgehead atoms. The van der Waals surface area contributed by atoms with E-state index in [-0.39, 0.29) is 24.6 Å². The van der Waals surface area contributed by atoms with Crippen molar-refractivity contribution in [2.45, 2.75) is 25.7 Å². The summed E-state index contributed by atoms with van der Waals surface area (Å²) >= 11 is 1.27. The SMILES string of the molecule is CC(COc1ccccc1C(F)(F)F)NC(=O)c1csc(CN)n1. The number of carbonyl (C=O) groups is 1. The van der Waals surface area contributed by atoms with Gasteiger partial charge in [-0.1, -0.05) is 12.1 Å². The Morgan fingerprint density at radius 1 is 1.42 bits per heavy atom. The zero-order valence-corrected chi connectivity index (χ0v) is 13.6. The average molecular weight is 359 g/mol. The van der Waals surface area contributed by atoms with Gasteiger partial charge in [-0.15, -0.1) is 11.3 Å². The van der Waals surface area contributed by atoms with E-state index in [0.717, 1.165) is 6.07 Å². The van der Waals surface area contributed by atoms with Crippen LogP contribution in [-0.4, -0.2) is 23.5 Å². The molecule has 1 heterocycles. The maximum absolute atomic E-state index is 12.9. The molecule has 0 spiro atoms. The molecule has 1 amide bonds. The van der Waals surface area contributed by atoms with Gasteiger partial charge in [0.15, 0.2) is 0 Å². The second kappa shape index (κ2) is 7.63. The lowest BCUT2D eigenvalue weighted by Gasteiger charge is -2.17. The van der Waals surface area contributed by atoms with Crippen molar-refractivity contribution in [3.63, 3.8) is 0 Å². The summed E-state index contributed by atoms with van der Waals surface area (Å²) in [6, 6.07) is 4.44. The Hall–Kier alpha value is -2.13. The van der Waals surface area contributed by atoms with E-state index >= 15 is 0 Å². The Morgan fingerprint density at radius 3 is 2.75 bits per heavy atom. The molecule has 2 rings (SSSR count). The van der Waals surface area contributed by atoms with Crippen molar-refractivity contribution in [3.8, 4) is 5.75 Å². The Balaban J connectivity index is 1.94. The van der Waals surface area contributed by atoms with Crippen molar-refractivity contribution >= 4 is 17.2 Å². The van der Waals surface area contributed by atoms with E-state index < -0.39 is 23.7 Å². The van der Waals surface area contributed by atoms with Gasteiger partial charge in [-0.3, -0.25) is 4.79 Å². The topological polar surface area (TPSA) is 77.2 Å². The maximum Gasteiger partial charge on any atom is 0.419 e. The number of aromatic nitrogens is 1. The standard InChI is InChI=1S/C15H16F3N3O2S/c1-9(20-14(22)11-8-24-13(6-19)21-11)7-23-12-5-3-2-4-10(12)15(16,17)18/h2-5,8-9H,6-7,19H2,1H3,(H,20,22). The van der Waals surface area contributed by atoms with Crippen LogP contribution in [0.15, 0.2) is 29.6 Å². The highest BCUT2D eigenvalue weighted by Gasteiger charge is 2.34. The molecular formula is C15H16F3N3O2S. The first-order valence-corrected chi connectivity index (χ1v) is 7.93. The number of benzene rings is 1. The third-order valence-electron chi connectivity index (χ3n) is 3.02. The summed E-state index contributed by atoms with van der Waals surface area (Å²) in [5, 5.41) is 4.82. The lowest BCUT2D eigenvalue weighted by molar-refractivity contribution is -0.139. The Kier molecular flexibility index (Phi) is 5.79. The highest BCUT2D eigenvalue weighted by molar-refractivity contribution is 7.09. The van der Waals surface area contributed by atoms with Crippen molar-refractivity contribution in [1.29, 1.82) is 0 Å². The van der Waals surface area contributed by atoms with Crippen molar-refractivity contribution in [1.82, 2.24) is 10.3 Å². The molecule has 2 aromatic rings. The molecule has 0 fully saturated rings. The number of nitrogens with one attached hydrogen (secondary N) is 1. The minimum Gasteiger partial charge on any atom is -0.491 e. The van der Waals surface area contributed by atoms with E-state index in [1.54, 1.807) is 12.3 Å². The van der Waals surface area contributed by atoms with Gasteiger partial charge in [0.25, 0.3) is 5.91 Å². The van der Waals surface area contributed by atoms with Crippen LogP contribution in [0.5, 0.6) is 5.75 Å². The summed E-state index contributed by atoms with van der Waals surface area (Å²) in [6.07, 6.45) is -4.50. The van der Waals surface area contributed by atoms with Crippen molar-refractivity contribution in [2.24, 2.45) is 5.73 Å². The fourth-order valence-corrected chi connectivity index (χ4v) is 2.54. The summed E-state index contributed by atoms with van der Waals surface area (Å²) in [6.45, 7) is 1.77. The van der Waals surface area contributed by atoms with Crippen LogP contribution in [0.2, 0.25) is 0 Å². The third kappa shape index (κ3) is 4.68. The smallest absolute Gasteiger partial charge is 0.419 e. The highest BCUT2D eigenvalue weighted by atomic mass is 32.1. The monoisotopic (exact) mass is 359 g/mol. The number of thiazole rings is 1. The van der Waals surface area contributed by atoms with E-state index in [2.05, 4.69) is 10.3 Å². The number of amides is 1. The fourth-order valence-electron chi connectivity index (χ4n) is 1.89. The molecule has 0 aliphatic rings. The van der Waals surface area contributed by atoms with Crippen LogP contribution in [0.1, 0.15) is 28.0 Å².